The Kier molecular flexibility index (Phi) is 4.54. The van der Waals surface area contributed by atoms with E-state index >= 15 is 0 Å². The standard InChI is InChI=1S/C13H13F3N2O/c1-8(2)11(7-17)18-12(19)9-3-5-10(6-4-9)13(14,15)16/h3-6,8,11H,1-2H3,(H,18,19). The molecule has 1 aromatic carbocycles. The normalized spacial score (nSPS) is 12.9. The van der Waals surface area contributed by atoms with Crippen molar-refractivity contribution < 1.29 is 18.0 Å². The van der Waals surface area contributed by atoms with Crippen molar-refractivity contribution in [2.45, 2.75) is 26.1 Å². The highest BCUT2D eigenvalue weighted by atomic mass is 19.4. The largest absolute Gasteiger partial charge is 0.416 e. The summed E-state index contributed by atoms with van der Waals surface area (Å²) in [6, 6.07) is 5.11. The number of carbonyl (C=O) groups excluding carboxylic acids is 1. The molecule has 102 valence electrons. The highest BCUT2D eigenvalue weighted by molar-refractivity contribution is 5.94. The lowest BCUT2D eigenvalue weighted by Crippen LogP contribution is -2.37. The van der Waals surface area contributed by atoms with Crippen molar-refractivity contribution in [2.75, 3.05) is 0 Å². The van der Waals surface area contributed by atoms with Gasteiger partial charge in [0.2, 0.25) is 0 Å². The summed E-state index contributed by atoms with van der Waals surface area (Å²) in [5.74, 6) is -0.641. The first kappa shape index (κ1) is 15.0. The smallest absolute Gasteiger partial charge is 0.336 e. The maximum Gasteiger partial charge on any atom is 0.416 e. The van der Waals surface area contributed by atoms with Gasteiger partial charge in [0, 0.05) is 5.56 Å². The first-order chi connectivity index (χ1) is 8.75. The molecule has 0 bridgehead atoms. The van der Waals surface area contributed by atoms with E-state index in [-0.39, 0.29) is 11.5 Å². The van der Waals surface area contributed by atoms with Crippen LogP contribution in [0.3, 0.4) is 0 Å². The third kappa shape index (κ3) is 3.98. The molecule has 19 heavy (non-hydrogen) atoms. The van der Waals surface area contributed by atoms with E-state index < -0.39 is 23.7 Å². The second kappa shape index (κ2) is 5.74. The SMILES string of the molecule is CC(C)C(C#N)NC(=O)c1ccc(C(F)(F)F)cc1. The fraction of sp³-hybridized carbons (Fsp3) is 0.385. The summed E-state index contributed by atoms with van der Waals surface area (Å²) >= 11 is 0. The van der Waals surface area contributed by atoms with Crippen LogP contribution in [-0.4, -0.2) is 11.9 Å². The van der Waals surface area contributed by atoms with Gasteiger partial charge in [-0.25, -0.2) is 0 Å². The highest BCUT2D eigenvalue weighted by Crippen LogP contribution is 2.29. The van der Waals surface area contributed by atoms with Crippen molar-refractivity contribution in [3.8, 4) is 6.07 Å². The van der Waals surface area contributed by atoms with Crippen molar-refractivity contribution in [3.05, 3.63) is 35.4 Å². The maximum atomic E-state index is 12.3. The zero-order valence-electron chi connectivity index (χ0n) is 10.5. The summed E-state index contributed by atoms with van der Waals surface area (Å²) in [5, 5.41) is 11.3. The number of nitriles is 1. The molecule has 1 atom stereocenters. The number of nitrogens with zero attached hydrogens (tertiary/aromatic N) is 1. The second-order valence-corrected chi connectivity index (χ2v) is 4.40. The summed E-state index contributed by atoms with van der Waals surface area (Å²) in [7, 11) is 0. The number of rotatable bonds is 3. The molecule has 0 spiro atoms. The Bertz CT molecular complexity index is 486. The van der Waals surface area contributed by atoms with Crippen molar-refractivity contribution in [2.24, 2.45) is 5.92 Å². The molecule has 0 heterocycles. The minimum atomic E-state index is -4.43. The van der Waals surface area contributed by atoms with Crippen LogP contribution in [-0.2, 0) is 6.18 Å². The Labute approximate surface area is 109 Å². The fourth-order valence-corrected chi connectivity index (χ4v) is 1.38. The van der Waals surface area contributed by atoms with Crippen molar-refractivity contribution in [3.63, 3.8) is 0 Å². The van der Waals surface area contributed by atoms with Gasteiger partial charge in [-0.1, -0.05) is 13.8 Å². The van der Waals surface area contributed by atoms with Crippen molar-refractivity contribution >= 4 is 5.91 Å². The number of hydrogen-bond donors (Lipinski definition) is 1. The van der Waals surface area contributed by atoms with Crippen LogP contribution in [0.15, 0.2) is 24.3 Å². The number of alkyl halides is 3. The average molecular weight is 270 g/mol. The molecular weight excluding hydrogens is 257 g/mol. The minimum Gasteiger partial charge on any atom is -0.336 e. The Hall–Kier alpha value is -2.03. The van der Waals surface area contributed by atoms with E-state index in [9.17, 15) is 18.0 Å². The lowest BCUT2D eigenvalue weighted by Gasteiger charge is -2.15. The molecule has 1 amide bonds. The molecular formula is C13H13F3N2O. The van der Waals surface area contributed by atoms with Gasteiger partial charge < -0.3 is 5.32 Å². The molecule has 1 N–H and O–H groups in total. The number of amides is 1. The number of nitrogens with one attached hydrogen (secondary N) is 1. The minimum absolute atomic E-state index is 0.0802. The van der Waals surface area contributed by atoms with E-state index in [0.717, 1.165) is 24.3 Å². The van der Waals surface area contributed by atoms with Crippen LogP contribution in [0, 0.1) is 17.2 Å². The zero-order chi connectivity index (χ0) is 14.6. The summed E-state index contributed by atoms with van der Waals surface area (Å²) in [4.78, 5) is 11.7. The molecule has 0 saturated heterocycles. The Morgan fingerprint density at radius 1 is 1.26 bits per heavy atom. The molecule has 0 radical (unpaired) electrons. The van der Waals surface area contributed by atoms with Gasteiger partial charge in [0.15, 0.2) is 0 Å². The van der Waals surface area contributed by atoms with Gasteiger partial charge in [-0.15, -0.1) is 0 Å². The quantitative estimate of drug-likeness (QED) is 0.918. The van der Waals surface area contributed by atoms with Gasteiger partial charge in [-0.05, 0) is 30.2 Å². The Morgan fingerprint density at radius 2 is 1.79 bits per heavy atom. The summed E-state index contributed by atoms with van der Waals surface area (Å²) in [6.07, 6.45) is -4.43. The molecule has 1 unspecified atom stereocenters. The number of halogens is 3. The maximum absolute atomic E-state index is 12.3. The van der Waals surface area contributed by atoms with E-state index in [1.807, 2.05) is 6.07 Å². The highest BCUT2D eigenvalue weighted by Gasteiger charge is 2.30. The van der Waals surface area contributed by atoms with Crippen LogP contribution in [0.4, 0.5) is 13.2 Å². The molecule has 0 aliphatic rings. The van der Waals surface area contributed by atoms with Crippen molar-refractivity contribution in [1.82, 2.24) is 5.32 Å². The van der Waals surface area contributed by atoms with Gasteiger partial charge in [0.25, 0.3) is 5.91 Å². The average Bonchev–Trinajstić information content (AvgIpc) is 2.34. The molecule has 0 aliphatic heterocycles. The summed E-state index contributed by atoms with van der Waals surface area (Å²) in [5.41, 5.74) is -0.723. The number of carbonyl (C=O) groups is 1. The van der Waals surface area contributed by atoms with Crippen LogP contribution < -0.4 is 5.32 Å². The molecule has 0 fully saturated rings. The van der Waals surface area contributed by atoms with Gasteiger partial charge in [0.1, 0.15) is 6.04 Å². The van der Waals surface area contributed by atoms with Gasteiger partial charge in [-0.3, -0.25) is 4.79 Å². The summed E-state index contributed by atoms with van der Waals surface area (Å²) < 4.78 is 37.0. The summed E-state index contributed by atoms with van der Waals surface area (Å²) in [6.45, 7) is 3.53. The predicted octanol–water partition coefficient (Wildman–Crippen LogP) is 2.98. The zero-order valence-corrected chi connectivity index (χ0v) is 10.5. The molecule has 1 aromatic rings. The molecule has 6 heteroatoms. The Balaban J connectivity index is 2.82. The van der Waals surface area contributed by atoms with Crippen LogP contribution >= 0.6 is 0 Å². The third-order valence-electron chi connectivity index (χ3n) is 2.57. The number of hydrogen-bond acceptors (Lipinski definition) is 2. The monoisotopic (exact) mass is 270 g/mol. The molecule has 0 aliphatic carbocycles. The van der Waals surface area contributed by atoms with Gasteiger partial charge >= 0.3 is 6.18 Å². The van der Waals surface area contributed by atoms with Crippen LogP contribution in [0.25, 0.3) is 0 Å². The molecule has 3 nitrogen and oxygen atoms in total. The topological polar surface area (TPSA) is 52.9 Å². The lowest BCUT2D eigenvalue weighted by molar-refractivity contribution is -0.137. The van der Waals surface area contributed by atoms with Crippen LogP contribution in [0.1, 0.15) is 29.8 Å². The first-order valence-corrected chi connectivity index (χ1v) is 5.63. The first-order valence-electron chi connectivity index (χ1n) is 5.63. The van der Waals surface area contributed by atoms with E-state index in [1.54, 1.807) is 13.8 Å². The third-order valence-corrected chi connectivity index (χ3v) is 2.57. The molecule has 0 aromatic heterocycles. The number of benzene rings is 1. The van der Waals surface area contributed by atoms with Gasteiger partial charge in [0.05, 0.1) is 11.6 Å². The molecule has 1 rings (SSSR count). The van der Waals surface area contributed by atoms with Crippen molar-refractivity contribution in [1.29, 1.82) is 5.26 Å². The van der Waals surface area contributed by atoms with E-state index in [1.165, 1.54) is 0 Å². The van der Waals surface area contributed by atoms with Gasteiger partial charge in [-0.2, -0.15) is 18.4 Å². The van der Waals surface area contributed by atoms with Crippen LogP contribution in [0.5, 0.6) is 0 Å². The van der Waals surface area contributed by atoms with E-state index in [0.29, 0.717) is 0 Å². The predicted molar refractivity (Wildman–Crippen MR) is 63.1 cm³/mol. The fourth-order valence-electron chi connectivity index (χ4n) is 1.38. The Morgan fingerprint density at radius 3 is 2.16 bits per heavy atom. The lowest BCUT2D eigenvalue weighted by atomic mass is 10.0. The van der Waals surface area contributed by atoms with E-state index in [4.69, 9.17) is 5.26 Å². The van der Waals surface area contributed by atoms with Crippen LogP contribution in [0.2, 0.25) is 0 Å². The van der Waals surface area contributed by atoms with E-state index in [2.05, 4.69) is 5.32 Å². The molecule has 0 saturated carbocycles. The second-order valence-electron chi connectivity index (χ2n) is 4.40.